The second-order valence-corrected chi connectivity index (χ2v) is 1.23. The minimum atomic E-state index is 0.198. The molecule has 0 heterocycles. The Hall–Kier alpha value is -0.390. The van der Waals surface area contributed by atoms with Crippen LogP contribution in [0.15, 0.2) is 0 Å². The number of halogens is 1. The minimum absolute atomic E-state index is 0.198. The highest BCUT2D eigenvalue weighted by Crippen LogP contribution is 1.71. The summed E-state index contributed by atoms with van der Waals surface area (Å²) in [4.78, 5) is 0. The molecule has 46 valence electrons. The van der Waals surface area contributed by atoms with Crippen molar-refractivity contribution in [3.05, 3.63) is 0 Å². The summed E-state index contributed by atoms with van der Waals surface area (Å²) in [6.45, 7) is 0.198. The van der Waals surface area contributed by atoms with Crippen molar-refractivity contribution in [2.75, 3.05) is 19.8 Å². The van der Waals surface area contributed by atoms with Crippen molar-refractivity contribution < 1.29 is 9.47 Å². The highest BCUT2D eigenvalue weighted by molar-refractivity contribution is 6.19. The van der Waals surface area contributed by atoms with E-state index in [1.54, 1.807) is 0 Å². The van der Waals surface area contributed by atoms with E-state index < -0.39 is 0 Å². The van der Waals surface area contributed by atoms with Gasteiger partial charge in [-0.1, -0.05) is 0 Å². The molecule has 0 aliphatic carbocycles. The molecule has 0 aromatic rings. The molecule has 0 aliphatic heterocycles. The van der Waals surface area contributed by atoms with E-state index in [2.05, 4.69) is 21.5 Å². The minimum Gasteiger partial charge on any atom is -0.417 e. The van der Waals surface area contributed by atoms with E-state index >= 15 is 0 Å². The first-order chi connectivity index (χ1) is 3.91. The molecule has 0 aromatic heterocycles. The van der Waals surface area contributed by atoms with Crippen LogP contribution < -0.4 is 0 Å². The molecular weight excluding hydrogens is 128 g/mol. The maximum Gasteiger partial charge on any atom is 0.199 e. The molecule has 0 saturated heterocycles. The van der Waals surface area contributed by atoms with Gasteiger partial charge >= 0.3 is 0 Å². The third kappa shape index (κ3) is 5.61. The quantitative estimate of drug-likeness (QED) is 0.241. The van der Waals surface area contributed by atoms with E-state index in [1.165, 1.54) is 7.11 Å². The summed E-state index contributed by atoms with van der Waals surface area (Å²) in [5.74, 6) is 2.79. The van der Waals surface area contributed by atoms with Gasteiger partial charge in [0, 0.05) is 7.11 Å². The van der Waals surface area contributed by atoms with Crippen molar-refractivity contribution in [2.24, 2.45) is 0 Å². The molecule has 0 unspecified atom stereocenters. The van der Waals surface area contributed by atoms with E-state index in [1.807, 2.05) is 0 Å². The highest BCUT2D eigenvalue weighted by atomic mass is 35.5. The van der Waals surface area contributed by atoms with Crippen molar-refractivity contribution in [1.29, 1.82) is 0 Å². The fourth-order valence-electron chi connectivity index (χ4n) is 0.167. The van der Waals surface area contributed by atoms with Crippen LogP contribution in [0.2, 0.25) is 0 Å². The van der Waals surface area contributed by atoms with Gasteiger partial charge in [-0.05, 0) is 5.92 Å². The Balaban J connectivity index is 2.90. The number of hydrogen-bond donors (Lipinski definition) is 0. The molecule has 0 saturated carbocycles. The van der Waals surface area contributed by atoms with Gasteiger partial charge in [-0.25, -0.2) is 0 Å². The van der Waals surface area contributed by atoms with Gasteiger partial charge in [-0.3, -0.25) is 0 Å². The molecule has 0 spiro atoms. The van der Waals surface area contributed by atoms with Crippen LogP contribution in [-0.2, 0) is 9.47 Å². The molecule has 0 aromatic carbocycles. The summed E-state index contributed by atoms with van der Waals surface area (Å²) < 4.78 is 9.08. The summed E-state index contributed by atoms with van der Waals surface area (Å²) >= 11 is 5.19. The first-order valence-corrected chi connectivity index (χ1v) is 2.60. The maximum atomic E-state index is 5.19. The van der Waals surface area contributed by atoms with E-state index in [4.69, 9.17) is 11.6 Å². The van der Waals surface area contributed by atoms with Crippen molar-refractivity contribution >= 4 is 11.6 Å². The number of methoxy groups -OCH3 is 1. The molecule has 0 bridgehead atoms. The van der Waals surface area contributed by atoms with Gasteiger partial charge in [0.2, 0.25) is 0 Å². The van der Waals surface area contributed by atoms with Crippen LogP contribution in [0, 0.1) is 12.0 Å². The Morgan fingerprint density at radius 2 is 2.38 bits per heavy atom. The zero-order chi connectivity index (χ0) is 6.24. The first-order valence-electron chi connectivity index (χ1n) is 2.06. The molecule has 3 heteroatoms. The van der Waals surface area contributed by atoms with Crippen LogP contribution in [0.1, 0.15) is 0 Å². The SMILES string of the molecule is COCOC#CCCl. The molecule has 0 radical (unpaired) electrons. The van der Waals surface area contributed by atoms with Gasteiger partial charge in [0.15, 0.2) is 6.79 Å². The molecule has 0 fully saturated rings. The van der Waals surface area contributed by atoms with Crippen molar-refractivity contribution in [3.8, 4) is 12.0 Å². The highest BCUT2D eigenvalue weighted by Gasteiger charge is 1.70. The van der Waals surface area contributed by atoms with Gasteiger partial charge < -0.3 is 9.47 Å². The summed E-state index contributed by atoms with van der Waals surface area (Å²) in [5, 5.41) is 0. The Kier molecular flexibility index (Phi) is 6.29. The monoisotopic (exact) mass is 134 g/mol. The van der Waals surface area contributed by atoms with E-state index in [0.717, 1.165) is 0 Å². The standard InChI is InChI=1S/C5H7ClO2/c1-7-5-8-4-2-3-6/h3,5H2,1H3. The van der Waals surface area contributed by atoms with Crippen LogP contribution in [-0.4, -0.2) is 19.8 Å². The maximum absolute atomic E-state index is 5.19. The van der Waals surface area contributed by atoms with E-state index in [-0.39, 0.29) is 6.79 Å². The Morgan fingerprint density at radius 3 is 2.88 bits per heavy atom. The first kappa shape index (κ1) is 7.61. The number of ether oxygens (including phenoxy) is 2. The fourth-order valence-corrected chi connectivity index (χ4v) is 0.221. The smallest absolute Gasteiger partial charge is 0.199 e. The third-order valence-corrected chi connectivity index (χ3v) is 0.522. The van der Waals surface area contributed by atoms with Crippen LogP contribution in [0.5, 0.6) is 0 Å². The van der Waals surface area contributed by atoms with Gasteiger partial charge in [-0.2, -0.15) is 0 Å². The van der Waals surface area contributed by atoms with Crippen LogP contribution in [0.25, 0.3) is 0 Å². The fraction of sp³-hybridized carbons (Fsp3) is 0.600. The van der Waals surface area contributed by atoms with Crippen molar-refractivity contribution in [3.63, 3.8) is 0 Å². The second-order valence-electron chi connectivity index (χ2n) is 0.963. The lowest BCUT2D eigenvalue weighted by Crippen LogP contribution is -1.88. The Morgan fingerprint density at radius 1 is 1.62 bits per heavy atom. The molecular formula is C5H7ClO2. The van der Waals surface area contributed by atoms with E-state index in [9.17, 15) is 0 Å². The molecule has 0 N–H and O–H groups in total. The number of alkyl halides is 1. The Labute approximate surface area is 53.7 Å². The zero-order valence-corrected chi connectivity index (χ0v) is 5.36. The van der Waals surface area contributed by atoms with E-state index in [0.29, 0.717) is 5.88 Å². The lowest BCUT2D eigenvalue weighted by molar-refractivity contribution is 0.0311. The lowest BCUT2D eigenvalue weighted by Gasteiger charge is -1.89. The van der Waals surface area contributed by atoms with Gasteiger partial charge in [0.25, 0.3) is 0 Å². The average Bonchev–Trinajstić information content (AvgIpc) is 1.81. The normalized spacial score (nSPS) is 7.25. The van der Waals surface area contributed by atoms with Gasteiger partial charge in [-0.15, -0.1) is 11.6 Å². The van der Waals surface area contributed by atoms with Crippen LogP contribution in [0.3, 0.4) is 0 Å². The number of rotatable bonds is 2. The molecule has 0 atom stereocenters. The summed E-state index contributed by atoms with van der Waals surface area (Å²) in [7, 11) is 1.53. The predicted molar refractivity (Wildman–Crippen MR) is 31.5 cm³/mol. The zero-order valence-electron chi connectivity index (χ0n) is 4.61. The predicted octanol–water partition coefficient (Wildman–Crippen LogP) is 0.807. The summed E-state index contributed by atoms with van der Waals surface area (Å²) in [5.41, 5.74) is 0. The Bertz CT molecular complexity index is 92.3. The van der Waals surface area contributed by atoms with Crippen LogP contribution in [0.4, 0.5) is 0 Å². The van der Waals surface area contributed by atoms with Gasteiger partial charge in [0.1, 0.15) is 6.11 Å². The molecule has 8 heavy (non-hydrogen) atoms. The number of hydrogen-bond acceptors (Lipinski definition) is 2. The second kappa shape index (κ2) is 6.61. The summed E-state index contributed by atoms with van der Waals surface area (Å²) in [6, 6.07) is 0. The third-order valence-electron chi connectivity index (χ3n) is 0.388. The molecule has 0 rings (SSSR count). The van der Waals surface area contributed by atoms with Gasteiger partial charge in [0.05, 0.1) is 5.88 Å². The topological polar surface area (TPSA) is 18.5 Å². The largest absolute Gasteiger partial charge is 0.417 e. The van der Waals surface area contributed by atoms with Crippen LogP contribution >= 0.6 is 11.6 Å². The molecule has 0 amide bonds. The average molecular weight is 135 g/mol. The molecule has 0 aliphatic rings. The summed E-state index contributed by atoms with van der Waals surface area (Å²) in [6.07, 6.45) is 2.33. The lowest BCUT2D eigenvalue weighted by atomic mass is 10.8. The van der Waals surface area contributed by atoms with Crippen molar-refractivity contribution in [1.82, 2.24) is 0 Å². The molecule has 2 nitrogen and oxygen atoms in total. The van der Waals surface area contributed by atoms with Crippen molar-refractivity contribution in [2.45, 2.75) is 0 Å².